The Morgan fingerprint density at radius 1 is 1.43 bits per heavy atom. The van der Waals surface area contributed by atoms with Gasteiger partial charge < -0.3 is 10.6 Å². The van der Waals surface area contributed by atoms with Crippen molar-refractivity contribution >= 4 is 5.91 Å². The summed E-state index contributed by atoms with van der Waals surface area (Å²) in [4.78, 5) is 13.7. The maximum atomic E-state index is 11.8. The molecule has 0 saturated carbocycles. The Kier molecular flexibility index (Phi) is 3.20. The summed E-state index contributed by atoms with van der Waals surface area (Å²) in [5.41, 5.74) is 5.95. The second-order valence-corrected chi connectivity index (χ2v) is 5.68. The van der Waals surface area contributed by atoms with Crippen molar-refractivity contribution in [2.24, 2.45) is 17.1 Å². The number of nitrogens with zero attached hydrogens (tertiary/aromatic N) is 1. The lowest BCUT2D eigenvalue weighted by Gasteiger charge is -2.22. The Morgan fingerprint density at radius 3 is 2.36 bits per heavy atom. The lowest BCUT2D eigenvalue weighted by Crippen LogP contribution is -2.34. The van der Waals surface area contributed by atoms with E-state index in [2.05, 4.69) is 27.7 Å². The standard InChI is InChI=1S/C11H22N2O/c1-8-6-13(7-9(8)12)10(14)5-11(2,3)4/h8-9H,5-7,12H2,1-4H3. The van der Waals surface area contributed by atoms with Gasteiger partial charge in [0.2, 0.25) is 5.91 Å². The molecule has 2 unspecified atom stereocenters. The van der Waals surface area contributed by atoms with Crippen molar-refractivity contribution in [3.05, 3.63) is 0 Å². The van der Waals surface area contributed by atoms with Crippen molar-refractivity contribution in [2.45, 2.75) is 40.2 Å². The van der Waals surface area contributed by atoms with Crippen LogP contribution in [0.1, 0.15) is 34.1 Å². The van der Waals surface area contributed by atoms with Crippen LogP contribution in [0.15, 0.2) is 0 Å². The van der Waals surface area contributed by atoms with E-state index in [4.69, 9.17) is 5.73 Å². The minimum Gasteiger partial charge on any atom is -0.341 e. The van der Waals surface area contributed by atoms with Crippen LogP contribution in [0.5, 0.6) is 0 Å². The van der Waals surface area contributed by atoms with Gasteiger partial charge in [0.05, 0.1) is 0 Å². The molecule has 1 saturated heterocycles. The Balaban J connectivity index is 2.48. The van der Waals surface area contributed by atoms with Crippen LogP contribution in [0, 0.1) is 11.3 Å². The third-order valence-corrected chi connectivity index (χ3v) is 2.70. The minimum absolute atomic E-state index is 0.0764. The van der Waals surface area contributed by atoms with Gasteiger partial charge in [-0.15, -0.1) is 0 Å². The van der Waals surface area contributed by atoms with Crippen LogP contribution in [0.25, 0.3) is 0 Å². The Morgan fingerprint density at radius 2 is 2.00 bits per heavy atom. The first kappa shape index (κ1) is 11.5. The average Bonchev–Trinajstić information content (AvgIpc) is 2.28. The van der Waals surface area contributed by atoms with Gasteiger partial charge in [0.15, 0.2) is 0 Å². The molecule has 1 rings (SSSR count). The van der Waals surface area contributed by atoms with Gasteiger partial charge in [-0.25, -0.2) is 0 Å². The topological polar surface area (TPSA) is 46.3 Å². The number of likely N-dealkylation sites (tertiary alicyclic amines) is 1. The highest BCUT2D eigenvalue weighted by atomic mass is 16.2. The molecular weight excluding hydrogens is 176 g/mol. The van der Waals surface area contributed by atoms with Crippen LogP contribution in [-0.2, 0) is 4.79 Å². The van der Waals surface area contributed by atoms with Crippen LogP contribution in [0.3, 0.4) is 0 Å². The Hall–Kier alpha value is -0.570. The summed E-state index contributed by atoms with van der Waals surface area (Å²) in [7, 11) is 0. The summed E-state index contributed by atoms with van der Waals surface area (Å²) in [5.74, 6) is 0.691. The van der Waals surface area contributed by atoms with E-state index in [-0.39, 0.29) is 17.4 Å². The van der Waals surface area contributed by atoms with E-state index >= 15 is 0 Å². The molecular formula is C11H22N2O. The molecule has 1 heterocycles. The summed E-state index contributed by atoms with van der Waals surface area (Å²) < 4.78 is 0. The highest BCUT2D eigenvalue weighted by Gasteiger charge is 2.31. The molecule has 0 bridgehead atoms. The van der Waals surface area contributed by atoms with E-state index in [1.807, 2.05) is 4.90 Å². The number of amides is 1. The predicted octanol–water partition coefficient (Wildman–Crippen LogP) is 1.23. The van der Waals surface area contributed by atoms with E-state index in [1.54, 1.807) is 0 Å². The molecule has 0 radical (unpaired) electrons. The van der Waals surface area contributed by atoms with Gasteiger partial charge in [-0.3, -0.25) is 4.79 Å². The SMILES string of the molecule is CC1CN(C(=O)CC(C)(C)C)CC1N. The van der Waals surface area contributed by atoms with E-state index < -0.39 is 0 Å². The first-order chi connectivity index (χ1) is 6.29. The molecule has 3 heteroatoms. The van der Waals surface area contributed by atoms with Crippen molar-refractivity contribution in [3.8, 4) is 0 Å². The van der Waals surface area contributed by atoms with Gasteiger partial charge in [0.1, 0.15) is 0 Å². The van der Waals surface area contributed by atoms with Gasteiger partial charge in [-0.1, -0.05) is 27.7 Å². The van der Waals surface area contributed by atoms with Crippen molar-refractivity contribution in [2.75, 3.05) is 13.1 Å². The van der Waals surface area contributed by atoms with Crippen molar-refractivity contribution in [3.63, 3.8) is 0 Å². The van der Waals surface area contributed by atoms with Crippen LogP contribution in [-0.4, -0.2) is 29.9 Å². The lowest BCUT2D eigenvalue weighted by molar-refractivity contribution is -0.132. The zero-order chi connectivity index (χ0) is 10.9. The van der Waals surface area contributed by atoms with Crippen molar-refractivity contribution in [1.82, 2.24) is 4.90 Å². The van der Waals surface area contributed by atoms with Crippen molar-refractivity contribution < 1.29 is 4.79 Å². The molecule has 1 amide bonds. The fraction of sp³-hybridized carbons (Fsp3) is 0.909. The number of hydrogen-bond donors (Lipinski definition) is 1. The summed E-state index contributed by atoms with van der Waals surface area (Å²) in [6.45, 7) is 9.93. The van der Waals surface area contributed by atoms with Crippen LogP contribution < -0.4 is 5.73 Å². The summed E-state index contributed by atoms with van der Waals surface area (Å²) in [6.07, 6.45) is 0.617. The highest BCUT2D eigenvalue weighted by molar-refractivity contribution is 5.77. The third-order valence-electron chi connectivity index (χ3n) is 2.70. The van der Waals surface area contributed by atoms with Crippen LogP contribution >= 0.6 is 0 Å². The molecule has 3 nitrogen and oxygen atoms in total. The lowest BCUT2D eigenvalue weighted by atomic mass is 9.92. The van der Waals surface area contributed by atoms with Crippen molar-refractivity contribution in [1.29, 1.82) is 0 Å². The smallest absolute Gasteiger partial charge is 0.223 e. The molecule has 0 aromatic carbocycles. The average molecular weight is 198 g/mol. The third kappa shape index (κ3) is 2.98. The van der Waals surface area contributed by atoms with E-state index in [1.165, 1.54) is 0 Å². The summed E-state index contributed by atoms with van der Waals surface area (Å²) in [6, 6.07) is 0.166. The molecule has 0 aromatic rings. The number of carbonyl (C=O) groups excluding carboxylic acids is 1. The van der Waals surface area contributed by atoms with E-state index in [9.17, 15) is 4.79 Å². The fourth-order valence-corrected chi connectivity index (χ4v) is 1.76. The monoisotopic (exact) mass is 198 g/mol. The molecule has 1 fully saturated rings. The molecule has 2 atom stereocenters. The van der Waals surface area contributed by atoms with E-state index in [0.29, 0.717) is 12.3 Å². The predicted molar refractivity (Wildman–Crippen MR) is 57.8 cm³/mol. The second kappa shape index (κ2) is 3.89. The Bertz CT molecular complexity index is 210. The normalized spacial score (nSPS) is 28.2. The summed E-state index contributed by atoms with van der Waals surface area (Å²) in [5, 5.41) is 0. The van der Waals surface area contributed by atoms with Crippen LogP contribution in [0.2, 0.25) is 0 Å². The second-order valence-electron chi connectivity index (χ2n) is 5.68. The highest BCUT2D eigenvalue weighted by Crippen LogP contribution is 2.22. The number of rotatable bonds is 1. The Labute approximate surface area is 86.6 Å². The zero-order valence-corrected chi connectivity index (χ0v) is 9.71. The molecule has 82 valence electrons. The van der Waals surface area contributed by atoms with Crippen LogP contribution in [0.4, 0.5) is 0 Å². The fourth-order valence-electron chi connectivity index (χ4n) is 1.76. The maximum absolute atomic E-state index is 11.8. The molecule has 0 spiro atoms. The quantitative estimate of drug-likeness (QED) is 0.689. The minimum atomic E-state index is 0.0764. The molecule has 1 aliphatic rings. The molecule has 2 N–H and O–H groups in total. The summed E-state index contributed by atoms with van der Waals surface area (Å²) >= 11 is 0. The molecule has 14 heavy (non-hydrogen) atoms. The number of hydrogen-bond acceptors (Lipinski definition) is 2. The molecule has 1 aliphatic heterocycles. The van der Waals surface area contributed by atoms with Gasteiger partial charge >= 0.3 is 0 Å². The molecule has 0 aliphatic carbocycles. The maximum Gasteiger partial charge on any atom is 0.223 e. The van der Waals surface area contributed by atoms with Gasteiger partial charge in [-0.05, 0) is 11.3 Å². The first-order valence-corrected chi connectivity index (χ1v) is 5.33. The van der Waals surface area contributed by atoms with E-state index in [0.717, 1.165) is 13.1 Å². The van der Waals surface area contributed by atoms with Gasteiger partial charge in [0, 0.05) is 25.6 Å². The number of carbonyl (C=O) groups is 1. The van der Waals surface area contributed by atoms with Gasteiger partial charge in [-0.2, -0.15) is 0 Å². The number of nitrogens with two attached hydrogens (primary N) is 1. The first-order valence-electron chi connectivity index (χ1n) is 5.33. The molecule has 0 aromatic heterocycles. The van der Waals surface area contributed by atoms with Gasteiger partial charge in [0.25, 0.3) is 0 Å². The largest absolute Gasteiger partial charge is 0.341 e. The zero-order valence-electron chi connectivity index (χ0n) is 9.71.